The molecular formula is C23H34FN3O2. The van der Waals surface area contributed by atoms with Gasteiger partial charge >= 0.3 is 0 Å². The fourth-order valence-electron chi connectivity index (χ4n) is 5.84. The van der Waals surface area contributed by atoms with Crippen molar-refractivity contribution in [3.05, 3.63) is 29.6 Å². The van der Waals surface area contributed by atoms with Crippen molar-refractivity contribution in [2.75, 3.05) is 47.4 Å². The lowest BCUT2D eigenvalue weighted by atomic mass is 9.72. The topological polar surface area (TPSA) is 36.0 Å². The largest absolute Gasteiger partial charge is 0.494 e. The highest BCUT2D eigenvalue weighted by atomic mass is 19.1. The van der Waals surface area contributed by atoms with Gasteiger partial charge in [-0.3, -0.25) is 9.69 Å². The molecule has 29 heavy (non-hydrogen) atoms. The van der Waals surface area contributed by atoms with E-state index in [-0.39, 0.29) is 18.1 Å². The number of ether oxygens (including phenoxy) is 1. The third-order valence-electron chi connectivity index (χ3n) is 7.10. The van der Waals surface area contributed by atoms with Gasteiger partial charge in [-0.1, -0.05) is 12.5 Å². The Bertz CT molecular complexity index is 741. The summed E-state index contributed by atoms with van der Waals surface area (Å²) in [4.78, 5) is 20.2. The van der Waals surface area contributed by atoms with Crippen LogP contribution in [0.5, 0.6) is 5.75 Å². The standard InChI is InChI=1S/C23H34FN3O2/c1-25(2)15-21-18-12-17(20-6-4-5-9-27(20)21)13-26(14-18)23(28)11-16-7-8-22(29-3)19(24)10-16/h7-8,10,17-18,20-21H,4-6,9,11-15H2,1-3H3/t17-,18+,20+,21+/m1/s1. The first-order valence-corrected chi connectivity index (χ1v) is 11.0. The zero-order chi connectivity index (χ0) is 20.5. The van der Waals surface area contributed by atoms with Crippen LogP contribution < -0.4 is 4.74 Å². The lowest BCUT2D eigenvalue weighted by Gasteiger charge is -2.57. The van der Waals surface area contributed by atoms with Crippen LogP contribution in [-0.4, -0.2) is 80.1 Å². The molecule has 5 nitrogen and oxygen atoms in total. The number of amides is 1. The van der Waals surface area contributed by atoms with Gasteiger partial charge in [-0.25, -0.2) is 4.39 Å². The van der Waals surface area contributed by atoms with Crippen LogP contribution >= 0.6 is 0 Å². The minimum absolute atomic E-state index is 0.122. The minimum atomic E-state index is -0.405. The molecule has 0 saturated carbocycles. The third kappa shape index (κ3) is 4.29. The second-order valence-corrected chi connectivity index (χ2v) is 9.33. The Morgan fingerprint density at radius 1 is 1.24 bits per heavy atom. The molecule has 0 spiro atoms. The number of rotatable bonds is 5. The average molecular weight is 404 g/mol. The van der Waals surface area contributed by atoms with E-state index < -0.39 is 5.82 Å². The van der Waals surface area contributed by atoms with Crippen LogP contribution in [0.2, 0.25) is 0 Å². The molecule has 3 fully saturated rings. The van der Waals surface area contributed by atoms with E-state index in [9.17, 15) is 9.18 Å². The number of halogens is 1. The highest BCUT2D eigenvalue weighted by Crippen LogP contribution is 2.41. The van der Waals surface area contributed by atoms with Gasteiger partial charge in [-0.15, -0.1) is 0 Å². The summed E-state index contributed by atoms with van der Waals surface area (Å²) in [6, 6.07) is 5.97. The monoisotopic (exact) mass is 403 g/mol. The predicted octanol–water partition coefficient (Wildman–Crippen LogP) is 2.64. The number of carbonyl (C=O) groups is 1. The Labute approximate surface area is 173 Å². The first kappa shape index (κ1) is 20.6. The van der Waals surface area contributed by atoms with Crippen LogP contribution in [0.15, 0.2) is 18.2 Å². The molecule has 4 atom stereocenters. The van der Waals surface area contributed by atoms with Gasteiger partial charge in [0, 0.05) is 31.7 Å². The molecule has 2 bridgehead atoms. The van der Waals surface area contributed by atoms with Crippen LogP contribution in [0.1, 0.15) is 31.2 Å². The molecule has 3 aliphatic heterocycles. The van der Waals surface area contributed by atoms with E-state index in [1.54, 1.807) is 12.1 Å². The van der Waals surface area contributed by atoms with Crippen molar-refractivity contribution in [3.63, 3.8) is 0 Å². The molecule has 0 radical (unpaired) electrons. The molecule has 1 aromatic rings. The molecule has 0 N–H and O–H groups in total. The highest BCUT2D eigenvalue weighted by molar-refractivity contribution is 5.79. The number of benzene rings is 1. The van der Waals surface area contributed by atoms with Crippen molar-refractivity contribution < 1.29 is 13.9 Å². The molecule has 1 amide bonds. The Balaban J connectivity index is 1.48. The highest BCUT2D eigenvalue weighted by Gasteiger charge is 2.47. The summed E-state index contributed by atoms with van der Waals surface area (Å²) in [5.41, 5.74) is 0.716. The van der Waals surface area contributed by atoms with Crippen molar-refractivity contribution in [3.8, 4) is 5.75 Å². The first-order chi connectivity index (χ1) is 14.0. The van der Waals surface area contributed by atoms with E-state index >= 15 is 0 Å². The summed E-state index contributed by atoms with van der Waals surface area (Å²) in [6.07, 6.45) is 5.35. The van der Waals surface area contributed by atoms with Gasteiger partial charge in [-0.2, -0.15) is 0 Å². The second kappa shape index (κ2) is 8.60. The smallest absolute Gasteiger partial charge is 0.227 e. The molecule has 3 aliphatic rings. The fourth-order valence-corrected chi connectivity index (χ4v) is 5.84. The molecule has 3 heterocycles. The maximum atomic E-state index is 14.0. The van der Waals surface area contributed by atoms with Gasteiger partial charge < -0.3 is 14.5 Å². The zero-order valence-electron chi connectivity index (χ0n) is 17.9. The van der Waals surface area contributed by atoms with Crippen LogP contribution in [-0.2, 0) is 11.2 Å². The summed E-state index contributed by atoms with van der Waals surface area (Å²) < 4.78 is 19.0. The van der Waals surface area contributed by atoms with Crippen LogP contribution in [0.25, 0.3) is 0 Å². The molecule has 0 unspecified atom stereocenters. The summed E-state index contributed by atoms with van der Waals surface area (Å²) in [6.45, 7) is 3.94. The van der Waals surface area contributed by atoms with Crippen molar-refractivity contribution >= 4 is 5.91 Å². The van der Waals surface area contributed by atoms with Crippen molar-refractivity contribution in [1.82, 2.24) is 14.7 Å². The number of likely N-dealkylation sites (N-methyl/N-ethyl adjacent to an activating group) is 1. The van der Waals surface area contributed by atoms with Gasteiger partial charge in [0.15, 0.2) is 11.6 Å². The summed E-state index contributed by atoms with van der Waals surface area (Å²) in [7, 11) is 5.75. The van der Waals surface area contributed by atoms with Crippen LogP contribution in [0.3, 0.4) is 0 Å². The van der Waals surface area contributed by atoms with E-state index in [0.717, 1.165) is 19.6 Å². The molecule has 0 aromatic heterocycles. The van der Waals surface area contributed by atoms with Gasteiger partial charge in [0.05, 0.1) is 13.5 Å². The fraction of sp³-hybridized carbons (Fsp3) is 0.696. The number of methoxy groups -OCH3 is 1. The number of hydrogen-bond donors (Lipinski definition) is 0. The Kier molecular flexibility index (Phi) is 6.11. The molecule has 6 heteroatoms. The Hall–Kier alpha value is -1.66. The molecule has 3 saturated heterocycles. The molecule has 4 rings (SSSR count). The molecule has 0 aliphatic carbocycles. The average Bonchev–Trinajstić information content (AvgIpc) is 2.71. The summed E-state index contributed by atoms with van der Waals surface area (Å²) in [5, 5.41) is 0. The van der Waals surface area contributed by atoms with E-state index in [0.29, 0.717) is 29.5 Å². The van der Waals surface area contributed by atoms with Crippen LogP contribution in [0, 0.1) is 17.7 Å². The van der Waals surface area contributed by atoms with E-state index in [1.165, 1.54) is 45.4 Å². The summed E-state index contributed by atoms with van der Waals surface area (Å²) >= 11 is 0. The molecule has 1 aromatic carbocycles. The number of hydrogen-bond acceptors (Lipinski definition) is 4. The summed E-state index contributed by atoms with van der Waals surface area (Å²) in [5.74, 6) is 1.04. The van der Waals surface area contributed by atoms with E-state index in [4.69, 9.17) is 4.74 Å². The molecule has 160 valence electrons. The SMILES string of the molecule is COc1ccc(CC(=O)N2C[C@H]3C[C@@H](C2)[C@H](CN(C)C)N2CCCC[C@@H]32)cc1F. The number of fused-ring (bicyclic) bond motifs is 4. The lowest BCUT2D eigenvalue weighted by Crippen LogP contribution is -2.66. The van der Waals surface area contributed by atoms with Gasteiger partial charge in [0.2, 0.25) is 5.91 Å². The number of carbonyl (C=O) groups excluding carboxylic acids is 1. The van der Waals surface area contributed by atoms with Crippen molar-refractivity contribution in [1.29, 1.82) is 0 Å². The van der Waals surface area contributed by atoms with Crippen molar-refractivity contribution in [2.45, 2.75) is 44.2 Å². The van der Waals surface area contributed by atoms with Crippen molar-refractivity contribution in [2.24, 2.45) is 11.8 Å². The maximum absolute atomic E-state index is 14.0. The van der Waals surface area contributed by atoms with E-state index in [1.807, 2.05) is 0 Å². The zero-order valence-corrected chi connectivity index (χ0v) is 17.9. The van der Waals surface area contributed by atoms with Gasteiger partial charge in [-0.05, 0) is 69.4 Å². The predicted molar refractivity (Wildman–Crippen MR) is 112 cm³/mol. The number of piperidine rings is 3. The Morgan fingerprint density at radius 3 is 2.76 bits per heavy atom. The van der Waals surface area contributed by atoms with Gasteiger partial charge in [0.1, 0.15) is 0 Å². The third-order valence-corrected chi connectivity index (χ3v) is 7.10. The number of nitrogens with zero attached hydrogens (tertiary/aromatic N) is 3. The minimum Gasteiger partial charge on any atom is -0.494 e. The molecular weight excluding hydrogens is 369 g/mol. The quantitative estimate of drug-likeness (QED) is 0.757. The van der Waals surface area contributed by atoms with Gasteiger partial charge in [0.25, 0.3) is 0 Å². The van der Waals surface area contributed by atoms with Crippen LogP contribution in [0.4, 0.5) is 4.39 Å². The second-order valence-electron chi connectivity index (χ2n) is 9.33. The first-order valence-electron chi connectivity index (χ1n) is 11.0. The Morgan fingerprint density at radius 2 is 2.03 bits per heavy atom. The maximum Gasteiger partial charge on any atom is 0.227 e. The normalized spacial score (nSPS) is 29.6. The van der Waals surface area contributed by atoms with E-state index in [2.05, 4.69) is 28.8 Å². The number of likely N-dealkylation sites (tertiary alicyclic amines) is 1. The lowest BCUT2D eigenvalue weighted by molar-refractivity contribution is -0.140.